The minimum atomic E-state index is -1.38. The topological polar surface area (TPSA) is 86.7 Å². The van der Waals surface area contributed by atoms with E-state index in [1.165, 1.54) is 30.3 Å². The van der Waals surface area contributed by atoms with E-state index < -0.39 is 29.5 Å². The van der Waals surface area contributed by atoms with Crippen molar-refractivity contribution >= 4 is 50.9 Å². The number of nitrogens with zero attached hydrogens (tertiary/aromatic N) is 1. The van der Waals surface area contributed by atoms with Gasteiger partial charge in [-0.15, -0.1) is 0 Å². The number of carbonyl (C=O) groups is 3. The molecule has 0 N–H and O–H groups in total. The van der Waals surface area contributed by atoms with Gasteiger partial charge in [-0.2, -0.15) is 0 Å². The molecule has 1 fully saturated rings. The van der Waals surface area contributed by atoms with Crippen LogP contribution in [0.1, 0.15) is 11.1 Å². The molecule has 0 spiro atoms. The number of aliphatic carboxylic acids is 1. The lowest BCUT2D eigenvalue weighted by Crippen LogP contribution is -2.29. The molecule has 0 bridgehead atoms. The number of carbonyl (C=O) groups excluding carboxylic acids is 3. The number of hydrogen-bond donors (Lipinski definition) is 0. The molecule has 144 valence electrons. The predicted octanol–water partition coefficient (Wildman–Crippen LogP) is 2.95. The van der Waals surface area contributed by atoms with Gasteiger partial charge < -0.3 is 14.6 Å². The fraction of sp³-hybridized carbons (Fsp3) is 0.105. The first-order valence-electron chi connectivity index (χ1n) is 7.95. The molecule has 3 rings (SSSR count). The molecule has 1 saturated heterocycles. The number of hydrogen-bond acceptors (Lipinski definition) is 6. The Bertz CT molecular complexity index is 977. The van der Waals surface area contributed by atoms with E-state index in [1.807, 2.05) is 0 Å². The van der Waals surface area contributed by atoms with E-state index in [1.54, 1.807) is 18.2 Å². The Kier molecular flexibility index (Phi) is 6.15. The Morgan fingerprint density at radius 3 is 2.61 bits per heavy atom. The largest absolute Gasteiger partial charge is 0.546 e. The van der Waals surface area contributed by atoms with Crippen LogP contribution in [0.25, 0.3) is 6.08 Å². The maximum absolute atomic E-state index is 13.0. The molecular formula is C19H12BrFNO5S-. The molecule has 1 aliphatic heterocycles. The highest BCUT2D eigenvalue weighted by molar-refractivity contribution is 9.10. The van der Waals surface area contributed by atoms with Crippen LogP contribution >= 0.6 is 27.7 Å². The van der Waals surface area contributed by atoms with Crippen LogP contribution < -0.4 is 9.84 Å². The van der Waals surface area contributed by atoms with Crippen molar-refractivity contribution in [3.05, 3.63) is 68.8 Å². The van der Waals surface area contributed by atoms with Crippen LogP contribution in [0.5, 0.6) is 5.75 Å². The number of benzene rings is 2. The molecule has 9 heteroatoms. The highest BCUT2D eigenvalue weighted by Gasteiger charge is 2.35. The van der Waals surface area contributed by atoms with Crippen molar-refractivity contribution in [1.29, 1.82) is 0 Å². The average molecular weight is 465 g/mol. The number of carboxylic acids is 1. The van der Waals surface area contributed by atoms with E-state index >= 15 is 0 Å². The highest BCUT2D eigenvalue weighted by atomic mass is 79.9. The van der Waals surface area contributed by atoms with Crippen LogP contribution in [0.4, 0.5) is 9.18 Å². The second kappa shape index (κ2) is 8.57. The third-order valence-electron chi connectivity index (χ3n) is 3.73. The first-order chi connectivity index (χ1) is 13.3. The Balaban J connectivity index is 1.84. The van der Waals surface area contributed by atoms with Crippen LogP contribution in [0, 0.1) is 5.82 Å². The molecule has 0 unspecified atom stereocenters. The minimum absolute atomic E-state index is 0.0226. The molecule has 2 aromatic carbocycles. The zero-order chi connectivity index (χ0) is 20.3. The Labute approximate surface area is 172 Å². The highest BCUT2D eigenvalue weighted by Crippen LogP contribution is 2.35. The van der Waals surface area contributed by atoms with Crippen LogP contribution in [0.15, 0.2) is 51.8 Å². The number of rotatable bonds is 6. The Morgan fingerprint density at radius 1 is 1.21 bits per heavy atom. The molecule has 0 saturated carbocycles. The zero-order valence-electron chi connectivity index (χ0n) is 14.2. The molecule has 6 nitrogen and oxygen atoms in total. The van der Waals surface area contributed by atoms with Gasteiger partial charge in [0.25, 0.3) is 11.1 Å². The Morgan fingerprint density at radius 2 is 1.93 bits per heavy atom. The quantitative estimate of drug-likeness (QED) is 0.610. The van der Waals surface area contributed by atoms with E-state index in [2.05, 4.69) is 15.9 Å². The number of ether oxygens (including phenoxy) is 1. The number of carboxylic acid groups (broad SMARTS) is 1. The van der Waals surface area contributed by atoms with Crippen molar-refractivity contribution in [2.24, 2.45) is 0 Å². The van der Waals surface area contributed by atoms with E-state index in [0.29, 0.717) is 15.6 Å². The van der Waals surface area contributed by atoms with Crippen molar-refractivity contribution in [3.63, 3.8) is 0 Å². The normalized spacial score (nSPS) is 15.4. The smallest absolute Gasteiger partial charge is 0.293 e. The third-order valence-corrected chi connectivity index (χ3v) is 5.13. The lowest BCUT2D eigenvalue weighted by molar-refractivity contribution is -0.307. The summed E-state index contributed by atoms with van der Waals surface area (Å²) in [5.74, 6) is -2.05. The summed E-state index contributed by atoms with van der Waals surface area (Å²) in [5, 5.41) is 10.2. The van der Waals surface area contributed by atoms with Crippen molar-refractivity contribution in [2.45, 2.75) is 6.54 Å². The molecule has 1 heterocycles. The second-order valence-corrected chi connectivity index (χ2v) is 7.65. The predicted molar refractivity (Wildman–Crippen MR) is 103 cm³/mol. The number of halogens is 2. The summed E-state index contributed by atoms with van der Waals surface area (Å²) in [7, 11) is 0. The SMILES string of the molecule is O=C([O-])COc1ccc(Br)cc1/C=C1\SC(=O)N(Cc2ccc(F)cc2)C1=O. The molecule has 1 aliphatic rings. The van der Waals surface area contributed by atoms with Gasteiger partial charge >= 0.3 is 0 Å². The number of thioether (sulfide) groups is 1. The van der Waals surface area contributed by atoms with Crippen LogP contribution in [-0.2, 0) is 16.1 Å². The fourth-order valence-electron chi connectivity index (χ4n) is 2.45. The zero-order valence-corrected chi connectivity index (χ0v) is 16.6. The summed E-state index contributed by atoms with van der Waals surface area (Å²) in [5.41, 5.74) is 1.05. The minimum Gasteiger partial charge on any atom is -0.546 e. The standard InChI is InChI=1S/C19H13BrFNO5S/c20-13-3-6-15(27-10-17(23)24)12(7-13)8-16-18(25)22(19(26)28-16)9-11-1-4-14(21)5-2-11/h1-8H,9-10H2,(H,23,24)/p-1/b16-8-. The van der Waals surface area contributed by atoms with Crippen LogP contribution in [0.3, 0.4) is 0 Å². The lowest BCUT2D eigenvalue weighted by atomic mass is 10.1. The molecule has 0 aliphatic carbocycles. The van der Waals surface area contributed by atoms with E-state index in [9.17, 15) is 23.9 Å². The number of amides is 2. The molecule has 0 radical (unpaired) electrons. The molecule has 28 heavy (non-hydrogen) atoms. The van der Waals surface area contributed by atoms with Gasteiger partial charge in [0, 0.05) is 10.0 Å². The van der Waals surface area contributed by atoms with E-state index in [0.717, 1.165) is 16.7 Å². The molecule has 2 amide bonds. The fourth-order valence-corrected chi connectivity index (χ4v) is 3.66. The molecule has 2 aromatic rings. The van der Waals surface area contributed by atoms with Gasteiger partial charge in [0.2, 0.25) is 0 Å². The van der Waals surface area contributed by atoms with Gasteiger partial charge in [-0.3, -0.25) is 14.5 Å². The first kappa shape index (κ1) is 20.1. The van der Waals surface area contributed by atoms with Crippen molar-refractivity contribution < 1.29 is 28.6 Å². The van der Waals surface area contributed by atoms with Crippen molar-refractivity contribution in [2.75, 3.05) is 6.61 Å². The monoisotopic (exact) mass is 464 g/mol. The maximum Gasteiger partial charge on any atom is 0.293 e. The summed E-state index contributed by atoms with van der Waals surface area (Å²) in [6.45, 7) is -0.622. The maximum atomic E-state index is 13.0. The van der Waals surface area contributed by atoms with Crippen molar-refractivity contribution in [1.82, 2.24) is 4.90 Å². The first-order valence-corrected chi connectivity index (χ1v) is 9.56. The van der Waals surface area contributed by atoms with Gasteiger partial charge in [0.15, 0.2) is 0 Å². The third kappa shape index (κ3) is 4.79. The van der Waals surface area contributed by atoms with Gasteiger partial charge in [-0.25, -0.2) is 4.39 Å². The summed E-state index contributed by atoms with van der Waals surface area (Å²) < 4.78 is 18.9. The summed E-state index contributed by atoms with van der Waals surface area (Å²) >= 11 is 4.06. The summed E-state index contributed by atoms with van der Waals surface area (Å²) in [4.78, 5) is 36.8. The van der Waals surface area contributed by atoms with Gasteiger partial charge in [0.05, 0.1) is 17.4 Å². The molecular weight excluding hydrogens is 453 g/mol. The second-order valence-electron chi connectivity index (χ2n) is 5.74. The summed E-state index contributed by atoms with van der Waals surface area (Å²) in [6, 6.07) is 10.4. The molecule has 0 atom stereocenters. The summed E-state index contributed by atoms with van der Waals surface area (Å²) in [6.07, 6.45) is 1.46. The van der Waals surface area contributed by atoms with Gasteiger partial charge in [-0.1, -0.05) is 28.1 Å². The Hall–Kier alpha value is -2.65. The van der Waals surface area contributed by atoms with Gasteiger partial charge in [0.1, 0.15) is 18.2 Å². The van der Waals surface area contributed by atoms with Crippen LogP contribution in [0.2, 0.25) is 0 Å². The molecule has 0 aromatic heterocycles. The van der Waals surface area contributed by atoms with E-state index in [4.69, 9.17) is 4.74 Å². The van der Waals surface area contributed by atoms with Gasteiger partial charge in [-0.05, 0) is 53.7 Å². The number of imide groups is 1. The van der Waals surface area contributed by atoms with Crippen molar-refractivity contribution in [3.8, 4) is 5.75 Å². The van der Waals surface area contributed by atoms with Crippen LogP contribution in [-0.4, -0.2) is 28.6 Å². The lowest BCUT2D eigenvalue weighted by Gasteiger charge is -2.12. The van der Waals surface area contributed by atoms with E-state index in [-0.39, 0.29) is 17.2 Å². The average Bonchev–Trinajstić information content (AvgIpc) is 2.90.